The Balaban J connectivity index is 1.59. The van der Waals surface area contributed by atoms with Crippen molar-refractivity contribution in [3.8, 4) is 11.5 Å². The molecule has 4 aromatic rings. The third-order valence-corrected chi connectivity index (χ3v) is 8.09. The molecular formula is C31H26Cl2N2O5S. The molecule has 0 saturated heterocycles. The third kappa shape index (κ3) is 5.81. The zero-order valence-corrected chi connectivity index (χ0v) is 24.8. The van der Waals surface area contributed by atoms with E-state index in [1.165, 1.54) is 25.6 Å². The van der Waals surface area contributed by atoms with E-state index in [1.807, 2.05) is 55.5 Å². The summed E-state index contributed by atoms with van der Waals surface area (Å²) in [5.41, 5.74) is 2.97. The topological polar surface area (TPSA) is 79.1 Å². The van der Waals surface area contributed by atoms with E-state index in [9.17, 15) is 9.59 Å². The Morgan fingerprint density at radius 1 is 1.07 bits per heavy atom. The van der Waals surface area contributed by atoms with Gasteiger partial charge in [-0.25, -0.2) is 9.79 Å². The van der Waals surface area contributed by atoms with Gasteiger partial charge in [0.15, 0.2) is 16.3 Å². The molecule has 0 saturated carbocycles. The van der Waals surface area contributed by atoms with Gasteiger partial charge in [-0.1, -0.05) is 83.9 Å². The quantitative estimate of drug-likeness (QED) is 0.240. The van der Waals surface area contributed by atoms with Crippen LogP contribution in [-0.4, -0.2) is 24.8 Å². The number of benzene rings is 3. The highest BCUT2D eigenvalue weighted by atomic mass is 35.5. The molecule has 7 nitrogen and oxygen atoms in total. The van der Waals surface area contributed by atoms with Gasteiger partial charge >= 0.3 is 5.97 Å². The highest BCUT2D eigenvalue weighted by Crippen LogP contribution is 2.37. The lowest BCUT2D eigenvalue weighted by Gasteiger charge is -2.25. The average molecular weight is 610 g/mol. The monoisotopic (exact) mass is 608 g/mol. The molecule has 2 heterocycles. The first-order chi connectivity index (χ1) is 19.8. The van der Waals surface area contributed by atoms with E-state index < -0.39 is 12.0 Å². The lowest BCUT2D eigenvalue weighted by molar-refractivity contribution is -0.136. The Morgan fingerprint density at radius 3 is 2.54 bits per heavy atom. The zero-order valence-electron chi connectivity index (χ0n) is 22.5. The van der Waals surface area contributed by atoms with Gasteiger partial charge in [0, 0.05) is 5.02 Å². The Labute approximate surface area is 250 Å². The summed E-state index contributed by atoms with van der Waals surface area (Å²) in [4.78, 5) is 32.0. The summed E-state index contributed by atoms with van der Waals surface area (Å²) >= 11 is 14.0. The van der Waals surface area contributed by atoms with E-state index in [0.717, 1.165) is 11.1 Å². The van der Waals surface area contributed by atoms with Gasteiger partial charge in [0.25, 0.3) is 5.56 Å². The van der Waals surface area contributed by atoms with E-state index in [0.29, 0.717) is 54.1 Å². The van der Waals surface area contributed by atoms with Gasteiger partial charge in [-0.05, 0) is 53.5 Å². The van der Waals surface area contributed by atoms with Crippen molar-refractivity contribution >= 4 is 46.6 Å². The second kappa shape index (κ2) is 12.3. The SMILES string of the molecule is CCC1=C(C(=O)OC)[C@@H](c2ccccc2)n2c(s/c(=C/c3cc(Cl)c(OCc4cccc(Cl)c4)c(OC)c3)c2=O)=N1. The number of halogens is 2. The number of ether oxygens (including phenoxy) is 3. The summed E-state index contributed by atoms with van der Waals surface area (Å²) in [6.07, 6.45) is 2.23. The molecule has 1 aliphatic heterocycles. The van der Waals surface area contributed by atoms with Gasteiger partial charge in [-0.15, -0.1) is 0 Å². The largest absolute Gasteiger partial charge is 0.493 e. The number of fused-ring (bicyclic) bond motifs is 1. The van der Waals surface area contributed by atoms with Gasteiger partial charge in [-0.3, -0.25) is 9.36 Å². The van der Waals surface area contributed by atoms with Crippen LogP contribution in [0, 0.1) is 0 Å². The number of esters is 1. The van der Waals surface area contributed by atoms with Crippen molar-refractivity contribution < 1.29 is 19.0 Å². The average Bonchev–Trinajstić information content (AvgIpc) is 3.29. The molecule has 1 aliphatic rings. The fourth-order valence-electron chi connectivity index (χ4n) is 4.71. The summed E-state index contributed by atoms with van der Waals surface area (Å²) in [6.45, 7) is 2.17. The number of hydrogen-bond acceptors (Lipinski definition) is 7. The van der Waals surface area contributed by atoms with Crippen LogP contribution in [0.15, 0.2) is 87.8 Å². The highest BCUT2D eigenvalue weighted by molar-refractivity contribution is 7.07. The molecule has 0 unspecified atom stereocenters. The molecule has 1 aromatic heterocycles. The number of aromatic nitrogens is 1. The first-order valence-electron chi connectivity index (χ1n) is 12.8. The highest BCUT2D eigenvalue weighted by Gasteiger charge is 2.33. The van der Waals surface area contributed by atoms with Crippen LogP contribution >= 0.6 is 34.5 Å². The van der Waals surface area contributed by atoms with Crippen molar-refractivity contribution in [2.75, 3.05) is 14.2 Å². The predicted molar refractivity (Wildman–Crippen MR) is 161 cm³/mol. The molecule has 0 amide bonds. The standard InChI is InChI=1S/C31H26Cl2N2O5S/c1-4-23-26(30(37)39-3)27(20-10-6-5-7-11-20)35-29(36)25(41-31(35)34-23)16-19-14-22(33)28(24(15-19)38-2)40-17-18-9-8-12-21(32)13-18/h5-16,27H,4,17H2,1-3H3/b25-16+/t27-/m1/s1. The second-order valence-corrected chi connectivity index (χ2v) is 11.0. The minimum absolute atomic E-state index is 0.246. The van der Waals surface area contributed by atoms with Gasteiger partial charge in [0.2, 0.25) is 0 Å². The molecule has 0 radical (unpaired) electrons. The number of thiazole rings is 1. The summed E-state index contributed by atoms with van der Waals surface area (Å²) in [7, 11) is 2.85. The minimum atomic E-state index is -0.669. The van der Waals surface area contributed by atoms with E-state index >= 15 is 0 Å². The summed E-state index contributed by atoms with van der Waals surface area (Å²) in [6, 6.07) is 19.5. The van der Waals surface area contributed by atoms with Gasteiger partial charge in [0.05, 0.1) is 41.1 Å². The van der Waals surface area contributed by atoms with Crippen LogP contribution in [0.5, 0.6) is 11.5 Å². The van der Waals surface area contributed by atoms with Crippen molar-refractivity contribution in [1.82, 2.24) is 4.57 Å². The fourth-order valence-corrected chi connectivity index (χ4v) is 6.22. The van der Waals surface area contributed by atoms with Crippen LogP contribution in [0.25, 0.3) is 6.08 Å². The van der Waals surface area contributed by atoms with Crippen molar-refractivity contribution in [3.05, 3.63) is 124 Å². The number of carbonyl (C=O) groups excluding carboxylic acids is 1. The van der Waals surface area contributed by atoms with E-state index in [2.05, 4.69) is 0 Å². The van der Waals surface area contributed by atoms with Crippen molar-refractivity contribution in [1.29, 1.82) is 0 Å². The van der Waals surface area contributed by atoms with Gasteiger partial charge in [0.1, 0.15) is 6.61 Å². The van der Waals surface area contributed by atoms with Gasteiger partial charge < -0.3 is 14.2 Å². The van der Waals surface area contributed by atoms with E-state index in [1.54, 1.807) is 28.8 Å². The maximum Gasteiger partial charge on any atom is 0.338 e. The molecule has 0 spiro atoms. The molecule has 0 N–H and O–H groups in total. The number of carbonyl (C=O) groups is 1. The lowest BCUT2D eigenvalue weighted by Crippen LogP contribution is -2.40. The second-order valence-electron chi connectivity index (χ2n) is 9.15. The summed E-state index contributed by atoms with van der Waals surface area (Å²) in [5.74, 6) is 0.285. The fraction of sp³-hybridized carbons (Fsp3) is 0.194. The molecule has 3 aromatic carbocycles. The minimum Gasteiger partial charge on any atom is -0.493 e. The van der Waals surface area contributed by atoms with Crippen molar-refractivity contribution in [2.45, 2.75) is 26.0 Å². The number of rotatable bonds is 8. The smallest absolute Gasteiger partial charge is 0.338 e. The normalized spacial score (nSPS) is 14.9. The van der Waals surface area contributed by atoms with Gasteiger partial charge in [-0.2, -0.15) is 0 Å². The van der Waals surface area contributed by atoms with Crippen LogP contribution in [-0.2, 0) is 16.1 Å². The Bertz CT molecular complexity index is 1830. The summed E-state index contributed by atoms with van der Waals surface area (Å²) in [5, 5.41) is 0.939. The molecule has 41 heavy (non-hydrogen) atoms. The number of nitrogens with zero attached hydrogens (tertiary/aromatic N) is 2. The molecule has 210 valence electrons. The molecule has 0 aliphatic carbocycles. The van der Waals surface area contributed by atoms with E-state index in [-0.39, 0.29) is 12.2 Å². The number of methoxy groups -OCH3 is 2. The zero-order chi connectivity index (χ0) is 29.1. The maximum atomic E-state index is 13.9. The summed E-state index contributed by atoms with van der Waals surface area (Å²) < 4.78 is 18.6. The van der Waals surface area contributed by atoms with Crippen LogP contribution in [0.3, 0.4) is 0 Å². The molecular weight excluding hydrogens is 583 g/mol. The van der Waals surface area contributed by atoms with Crippen LogP contribution in [0.2, 0.25) is 10.0 Å². The van der Waals surface area contributed by atoms with Crippen molar-refractivity contribution in [3.63, 3.8) is 0 Å². The van der Waals surface area contributed by atoms with Crippen LogP contribution in [0.1, 0.15) is 36.1 Å². The Hall–Kier alpha value is -3.85. The molecule has 10 heteroatoms. The Morgan fingerprint density at radius 2 is 1.85 bits per heavy atom. The third-order valence-electron chi connectivity index (χ3n) is 6.59. The van der Waals surface area contributed by atoms with E-state index in [4.69, 9.17) is 42.4 Å². The predicted octanol–water partition coefficient (Wildman–Crippen LogP) is 5.69. The Kier molecular flexibility index (Phi) is 8.63. The lowest BCUT2D eigenvalue weighted by atomic mass is 9.95. The van der Waals surface area contributed by atoms with Crippen molar-refractivity contribution in [2.24, 2.45) is 4.99 Å². The molecule has 0 bridgehead atoms. The number of hydrogen-bond donors (Lipinski definition) is 0. The molecule has 0 fully saturated rings. The molecule has 1 atom stereocenters. The van der Waals surface area contributed by atoms with Crippen LogP contribution in [0.4, 0.5) is 0 Å². The first-order valence-corrected chi connectivity index (χ1v) is 14.3. The van der Waals surface area contributed by atoms with Crippen LogP contribution < -0.4 is 24.4 Å². The number of allylic oxidation sites excluding steroid dienone is 1. The molecule has 5 rings (SSSR count). The maximum absolute atomic E-state index is 13.9. The first kappa shape index (κ1) is 28.7.